The Labute approximate surface area is 115 Å². The number of benzene rings is 1. The largest absolute Gasteiger partial charge is 0.484 e. The van der Waals surface area contributed by atoms with E-state index in [0.717, 1.165) is 16.9 Å². The van der Waals surface area contributed by atoms with Crippen LogP contribution in [0.2, 0.25) is 0 Å². The molecule has 0 radical (unpaired) electrons. The van der Waals surface area contributed by atoms with Gasteiger partial charge in [-0.15, -0.1) is 0 Å². The minimum absolute atomic E-state index is 0.00194. The lowest BCUT2D eigenvalue weighted by atomic mass is 10.1. The van der Waals surface area contributed by atoms with Crippen molar-refractivity contribution in [1.82, 2.24) is 5.32 Å². The van der Waals surface area contributed by atoms with E-state index in [0.29, 0.717) is 12.5 Å². The Kier molecular flexibility index (Phi) is 5.83. The van der Waals surface area contributed by atoms with Gasteiger partial charge >= 0.3 is 0 Å². The molecule has 0 aliphatic rings. The molecule has 0 saturated heterocycles. The van der Waals surface area contributed by atoms with Gasteiger partial charge < -0.3 is 15.8 Å². The summed E-state index contributed by atoms with van der Waals surface area (Å²) in [5.74, 6) is 1.07. The molecule has 19 heavy (non-hydrogen) atoms. The van der Waals surface area contributed by atoms with Crippen LogP contribution in [0.4, 0.5) is 0 Å². The normalized spacial score (nSPS) is 12.3. The van der Waals surface area contributed by atoms with Gasteiger partial charge in [0.25, 0.3) is 5.91 Å². The highest BCUT2D eigenvalue weighted by Crippen LogP contribution is 2.21. The molecule has 1 aromatic carbocycles. The fourth-order valence-electron chi connectivity index (χ4n) is 1.63. The molecule has 1 aromatic rings. The van der Waals surface area contributed by atoms with Crippen LogP contribution in [0.15, 0.2) is 18.2 Å². The molecule has 0 saturated carbocycles. The van der Waals surface area contributed by atoms with Crippen LogP contribution in [0.25, 0.3) is 0 Å². The Morgan fingerprint density at radius 1 is 1.37 bits per heavy atom. The van der Waals surface area contributed by atoms with E-state index in [1.807, 2.05) is 32.0 Å². The van der Waals surface area contributed by atoms with Crippen LogP contribution >= 0.6 is 0 Å². The predicted octanol–water partition coefficient (Wildman–Crippen LogP) is 2.17. The van der Waals surface area contributed by atoms with Gasteiger partial charge in [0.05, 0.1) is 0 Å². The van der Waals surface area contributed by atoms with Crippen LogP contribution < -0.4 is 15.8 Å². The van der Waals surface area contributed by atoms with Gasteiger partial charge in [-0.1, -0.05) is 26.0 Å². The summed E-state index contributed by atoms with van der Waals surface area (Å²) >= 11 is 0. The van der Waals surface area contributed by atoms with E-state index in [-0.39, 0.29) is 18.6 Å². The van der Waals surface area contributed by atoms with E-state index in [1.165, 1.54) is 0 Å². The Morgan fingerprint density at radius 2 is 2.05 bits per heavy atom. The number of rotatable bonds is 6. The van der Waals surface area contributed by atoms with Crippen LogP contribution in [-0.2, 0) is 4.79 Å². The fourth-order valence-corrected chi connectivity index (χ4v) is 1.63. The van der Waals surface area contributed by atoms with Gasteiger partial charge in [0.2, 0.25) is 0 Å². The summed E-state index contributed by atoms with van der Waals surface area (Å²) in [5, 5.41) is 2.82. The van der Waals surface area contributed by atoms with Crippen LogP contribution in [-0.4, -0.2) is 19.1 Å². The number of carbonyl (C=O) groups excluding carboxylic acids is 1. The second-order valence-corrected chi connectivity index (χ2v) is 5.30. The molecule has 0 aliphatic carbocycles. The molecule has 0 aliphatic heterocycles. The Balaban J connectivity index is 2.51. The third-order valence-electron chi connectivity index (χ3n) is 2.79. The number of carbonyl (C=O) groups is 1. The zero-order valence-electron chi connectivity index (χ0n) is 12.2. The zero-order valence-corrected chi connectivity index (χ0v) is 12.2. The van der Waals surface area contributed by atoms with Crippen molar-refractivity contribution in [2.45, 2.75) is 33.7 Å². The summed E-state index contributed by atoms with van der Waals surface area (Å²) in [6.45, 7) is 8.72. The van der Waals surface area contributed by atoms with Crippen LogP contribution in [0, 0.1) is 12.8 Å². The predicted molar refractivity (Wildman–Crippen MR) is 77.1 cm³/mol. The molecule has 0 heterocycles. The highest BCUT2D eigenvalue weighted by Gasteiger charge is 2.07. The van der Waals surface area contributed by atoms with Crippen molar-refractivity contribution in [2.24, 2.45) is 11.7 Å². The van der Waals surface area contributed by atoms with E-state index in [2.05, 4.69) is 19.2 Å². The third kappa shape index (κ3) is 5.30. The van der Waals surface area contributed by atoms with E-state index < -0.39 is 0 Å². The number of nitrogens with two attached hydrogens (primary N) is 1. The average Bonchev–Trinajstić information content (AvgIpc) is 2.34. The van der Waals surface area contributed by atoms with E-state index in [1.54, 1.807) is 0 Å². The smallest absolute Gasteiger partial charge is 0.257 e. The Hall–Kier alpha value is -1.55. The van der Waals surface area contributed by atoms with E-state index in [9.17, 15) is 4.79 Å². The SMILES string of the molecule is Cc1cc(C(C)N)ccc1OCC(=O)NCC(C)C. The summed E-state index contributed by atoms with van der Waals surface area (Å²) in [7, 11) is 0. The Morgan fingerprint density at radius 3 is 2.58 bits per heavy atom. The molecule has 0 spiro atoms. The van der Waals surface area contributed by atoms with Gasteiger partial charge in [-0.25, -0.2) is 0 Å². The summed E-state index contributed by atoms with van der Waals surface area (Å²) in [6.07, 6.45) is 0. The standard InChI is InChI=1S/C15H24N2O2/c1-10(2)8-17-15(18)9-19-14-6-5-13(12(4)16)7-11(14)3/h5-7,10,12H,8-9,16H2,1-4H3,(H,17,18). The molecule has 1 rings (SSSR count). The van der Waals surface area contributed by atoms with Crippen molar-refractivity contribution in [3.63, 3.8) is 0 Å². The molecule has 1 unspecified atom stereocenters. The molecule has 3 N–H and O–H groups in total. The molecule has 4 heteroatoms. The van der Waals surface area contributed by atoms with Gasteiger partial charge in [0.1, 0.15) is 5.75 Å². The summed E-state index contributed by atoms with van der Waals surface area (Å²) in [6, 6.07) is 5.79. The zero-order chi connectivity index (χ0) is 14.4. The minimum Gasteiger partial charge on any atom is -0.484 e. The lowest BCUT2D eigenvalue weighted by Crippen LogP contribution is -2.31. The van der Waals surface area contributed by atoms with Crippen LogP contribution in [0.1, 0.15) is 37.9 Å². The molecule has 4 nitrogen and oxygen atoms in total. The van der Waals surface area contributed by atoms with Crippen molar-refractivity contribution in [3.05, 3.63) is 29.3 Å². The number of nitrogens with one attached hydrogen (secondary N) is 1. The maximum absolute atomic E-state index is 11.6. The number of amides is 1. The van der Waals surface area contributed by atoms with Crippen molar-refractivity contribution in [3.8, 4) is 5.75 Å². The Bertz CT molecular complexity index is 428. The van der Waals surface area contributed by atoms with Crippen LogP contribution in [0.3, 0.4) is 0 Å². The molecule has 0 aromatic heterocycles. The first-order chi connectivity index (χ1) is 8.90. The maximum atomic E-state index is 11.6. The lowest BCUT2D eigenvalue weighted by molar-refractivity contribution is -0.123. The second kappa shape index (κ2) is 7.14. The third-order valence-corrected chi connectivity index (χ3v) is 2.79. The van der Waals surface area contributed by atoms with E-state index >= 15 is 0 Å². The first-order valence-corrected chi connectivity index (χ1v) is 6.65. The summed E-state index contributed by atoms with van der Waals surface area (Å²) < 4.78 is 5.51. The van der Waals surface area contributed by atoms with Crippen LogP contribution in [0.5, 0.6) is 5.75 Å². The van der Waals surface area contributed by atoms with Crippen molar-refractivity contribution < 1.29 is 9.53 Å². The molecule has 1 atom stereocenters. The number of hydrogen-bond acceptors (Lipinski definition) is 3. The van der Waals surface area contributed by atoms with Gasteiger partial charge in [0, 0.05) is 12.6 Å². The summed E-state index contributed by atoms with van der Waals surface area (Å²) in [4.78, 5) is 11.6. The maximum Gasteiger partial charge on any atom is 0.257 e. The van der Waals surface area contributed by atoms with Crippen molar-refractivity contribution >= 4 is 5.91 Å². The molecule has 1 amide bonds. The average molecular weight is 264 g/mol. The highest BCUT2D eigenvalue weighted by atomic mass is 16.5. The number of hydrogen-bond donors (Lipinski definition) is 2. The first kappa shape index (κ1) is 15.5. The molecular formula is C15H24N2O2. The topological polar surface area (TPSA) is 64.3 Å². The lowest BCUT2D eigenvalue weighted by Gasteiger charge is -2.13. The highest BCUT2D eigenvalue weighted by molar-refractivity contribution is 5.77. The summed E-state index contributed by atoms with van der Waals surface area (Å²) in [5.41, 5.74) is 7.87. The molecular weight excluding hydrogens is 240 g/mol. The minimum atomic E-state index is -0.0932. The number of ether oxygens (including phenoxy) is 1. The van der Waals surface area contributed by atoms with Gasteiger partial charge in [-0.2, -0.15) is 0 Å². The molecule has 0 fully saturated rings. The van der Waals surface area contributed by atoms with Crippen molar-refractivity contribution in [2.75, 3.05) is 13.2 Å². The monoisotopic (exact) mass is 264 g/mol. The van der Waals surface area contributed by atoms with E-state index in [4.69, 9.17) is 10.5 Å². The van der Waals surface area contributed by atoms with Gasteiger partial charge in [-0.05, 0) is 37.0 Å². The molecule has 0 bridgehead atoms. The van der Waals surface area contributed by atoms with Gasteiger partial charge in [-0.3, -0.25) is 4.79 Å². The van der Waals surface area contributed by atoms with Crippen molar-refractivity contribution in [1.29, 1.82) is 0 Å². The second-order valence-electron chi connectivity index (χ2n) is 5.30. The fraction of sp³-hybridized carbons (Fsp3) is 0.533. The number of aryl methyl sites for hydroxylation is 1. The quantitative estimate of drug-likeness (QED) is 0.827. The van der Waals surface area contributed by atoms with Gasteiger partial charge in [0.15, 0.2) is 6.61 Å². The first-order valence-electron chi connectivity index (χ1n) is 6.65. The molecule has 106 valence electrons.